The van der Waals surface area contributed by atoms with Gasteiger partial charge in [-0.1, -0.05) is 35.6 Å². The second-order valence-corrected chi connectivity index (χ2v) is 8.73. The van der Waals surface area contributed by atoms with Crippen molar-refractivity contribution in [1.29, 1.82) is 0 Å². The maximum atomic E-state index is 11.2. The molecule has 1 aromatic carbocycles. The molecular formula is C20H25IO2. The van der Waals surface area contributed by atoms with Crippen LogP contribution in [0.4, 0.5) is 0 Å². The number of aryl methyl sites for hydroxylation is 1. The van der Waals surface area contributed by atoms with Crippen LogP contribution in [0, 0.1) is 17.3 Å². The number of hydrogen-bond acceptors (Lipinski definition) is 2. The maximum absolute atomic E-state index is 11.2. The number of aliphatic hydroxyl groups is 1. The van der Waals surface area contributed by atoms with Crippen molar-refractivity contribution < 1.29 is 10.2 Å². The van der Waals surface area contributed by atoms with Crippen molar-refractivity contribution in [3.63, 3.8) is 0 Å². The molecule has 4 rings (SSSR count). The Balaban J connectivity index is 1.70. The lowest BCUT2D eigenvalue weighted by Gasteiger charge is -2.52. The van der Waals surface area contributed by atoms with Gasteiger partial charge in [0.25, 0.3) is 0 Å². The normalized spacial score (nSPS) is 42.3. The van der Waals surface area contributed by atoms with E-state index in [4.69, 9.17) is 0 Å². The largest absolute Gasteiger partial charge is 0.508 e. The molecule has 0 saturated heterocycles. The summed E-state index contributed by atoms with van der Waals surface area (Å²) in [5.74, 6) is 2.30. The Morgan fingerprint density at radius 1 is 1.22 bits per heavy atom. The van der Waals surface area contributed by atoms with E-state index >= 15 is 0 Å². The molecular weight excluding hydrogens is 399 g/mol. The van der Waals surface area contributed by atoms with Gasteiger partial charge in [-0.3, -0.25) is 0 Å². The zero-order valence-corrected chi connectivity index (χ0v) is 15.8. The first-order valence-corrected chi connectivity index (χ1v) is 10.1. The van der Waals surface area contributed by atoms with Gasteiger partial charge in [0.15, 0.2) is 0 Å². The highest BCUT2D eigenvalue weighted by molar-refractivity contribution is 14.1. The highest BCUT2D eigenvalue weighted by Crippen LogP contribution is 2.64. The van der Waals surface area contributed by atoms with E-state index in [-0.39, 0.29) is 5.41 Å². The van der Waals surface area contributed by atoms with Crippen LogP contribution in [0.3, 0.4) is 0 Å². The Kier molecular flexibility index (Phi) is 3.80. The highest BCUT2D eigenvalue weighted by Gasteiger charge is 2.60. The van der Waals surface area contributed by atoms with Gasteiger partial charge in [0.05, 0.1) is 5.60 Å². The van der Waals surface area contributed by atoms with Gasteiger partial charge in [-0.2, -0.15) is 0 Å². The lowest BCUT2D eigenvalue weighted by molar-refractivity contribution is -0.0708. The molecule has 2 N–H and O–H groups in total. The third-order valence-corrected chi connectivity index (χ3v) is 7.62. The second-order valence-electron chi connectivity index (χ2n) is 8.01. The summed E-state index contributed by atoms with van der Waals surface area (Å²) >= 11 is 2.23. The van der Waals surface area contributed by atoms with Crippen molar-refractivity contribution in [2.75, 3.05) is 0 Å². The zero-order chi connectivity index (χ0) is 16.2. The van der Waals surface area contributed by atoms with E-state index in [1.165, 1.54) is 17.5 Å². The molecule has 0 unspecified atom stereocenters. The standard InChI is InChI=1S/C20H25IO2/c1-19-8-6-16-15-5-3-14(22)12-13(15)2-4-17(16)18(19)7-9-20(19,23)10-11-21/h3,5,10-12,16-18,22-23H,2,4,6-9H2,1H3/b11-10+/t16-,17-,18+,19+,20+/m1/s1. The summed E-state index contributed by atoms with van der Waals surface area (Å²) in [5.41, 5.74) is 2.19. The second kappa shape index (κ2) is 5.48. The van der Waals surface area contributed by atoms with Crippen LogP contribution >= 0.6 is 22.6 Å². The first-order chi connectivity index (χ1) is 11.0. The third-order valence-electron chi connectivity index (χ3n) is 7.26. The number of halogens is 1. The number of benzene rings is 1. The van der Waals surface area contributed by atoms with Crippen LogP contribution < -0.4 is 0 Å². The zero-order valence-electron chi connectivity index (χ0n) is 13.6. The first-order valence-electron chi connectivity index (χ1n) is 8.80. The van der Waals surface area contributed by atoms with Gasteiger partial charge < -0.3 is 10.2 Å². The summed E-state index contributed by atoms with van der Waals surface area (Å²) in [7, 11) is 0. The molecule has 3 heteroatoms. The molecule has 0 bridgehead atoms. The fourth-order valence-electron chi connectivity index (χ4n) is 6.00. The minimum Gasteiger partial charge on any atom is -0.508 e. The number of phenolic OH excluding ortho intramolecular Hbond substituents is 1. The van der Waals surface area contributed by atoms with Crippen molar-refractivity contribution in [2.45, 2.75) is 57.0 Å². The average molecular weight is 424 g/mol. The monoisotopic (exact) mass is 424 g/mol. The van der Waals surface area contributed by atoms with Gasteiger partial charge >= 0.3 is 0 Å². The Labute approximate surface area is 152 Å². The summed E-state index contributed by atoms with van der Waals surface area (Å²) in [6, 6.07) is 5.96. The van der Waals surface area contributed by atoms with Crippen LogP contribution in [-0.4, -0.2) is 15.8 Å². The minimum atomic E-state index is -0.626. The predicted octanol–water partition coefficient (Wildman–Crippen LogP) is 4.93. The van der Waals surface area contributed by atoms with Crippen molar-refractivity contribution in [2.24, 2.45) is 17.3 Å². The number of hydrogen-bond donors (Lipinski definition) is 2. The van der Waals surface area contributed by atoms with E-state index in [0.29, 0.717) is 23.5 Å². The Hall–Kier alpha value is -0.550. The van der Waals surface area contributed by atoms with E-state index in [1.54, 1.807) is 0 Å². The van der Waals surface area contributed by atoms with E-state index in [0.717, 1.165) is 32.1 Å². The van der Waals surface area contributed by atoms with E-state index in [9.17, 15) is 10.2 Å². The Morgan fingerprint density at radius 3 is 2.83 bits per heavy atom. The lowest BCUT2D eigenvalue weighted by Crippen LogP contribution is -2.49. The molecule has 0 spiro atoms. The van der Waals surface area contributed by atoms with Crippen LogP contribution in [-0.2, 0) is 6.42 Å². The Bertz CT molecular complexity index is 655. The molecule has 23 heavy (non-hydrogen) atoms. The molecule has 2 fully saturated rings. The predicted molar refractivity (Wildman–Crippen MR) is 101 cm³/mol. The van der Waals surface area contributed by atoms with Crippen LogP contribution in [0.1, 0.15) is 56.1 Å². The molecule has 0 radical (unpaired) electrons. The molecule has 2 saturated carbocycles. The van der Waals surface area contributed by atoms with E-state index < -0.39 is 5.60 Å². The molecule has 124 valence electrons. The highest BCUT2D eigenvalue weighted by atomic mass is 127. The topological polar surface area (TPSA) is 40.5 Å². The number of aromatic hydroxyl groups is 1. The van der Waals surface area contributed by atoms with Gasteiger partial charge in [-0.15, -0.1) is 0 Å². The van der Waals surface area contributed by atoms with Gasteiger partial charge in [-0.25, -0.2) is 0 Å². The molecule has 0 aliphatic heterocycles. The number of fused-ring (bicyclic) bond motifs is 5. The molecule has 0 heterocycles. The SMILES string of the molecule is C[C@]12CC[C@@H]3c4ccc(O)cc4CC[C@H]3[C@@H]1CC[C@]2(O)/C=C/I. The molecule has 0 amide bonds. The van der Waals surface area contributed by atoms with Crippen molar-refractivity contribution in [1.82, 2.24) is 0 Å². The maximum Gasteiger partial charge on any atom is 0.115 e. The van der Waals surface area contributed by atoms with E-state index in [2.05, 4.69) is 35.6 Å². The van der Waals surface area contributed by atoms with Gasteiger partial charge in [0, 0.05) is 5.41 Å². The number of phenols is 1. The van der Waals surface area contributed by atoms with Gasteiger partial charge in [-0.05, 0) is 89.7 Å². The van der Waals surface area contributed by atoms with E-state index in [1.807, 2.05) is 22.3 Å². The quantitative estimate of drug-likeness (QED) is 0.628. The molecule has 1 aromatic rings. The first kappa shape index (κ1) is 15.9. The van der Waals surface area contributed by atoms with Gasteiger partial charge in [0.2, 0.25) is 0 Å². The van der Waals surface area contributed by atoms with Crippen LogP contribution in [0.2, 0.25) is 0 Å². The smallest absolute Gasteiger partial charge is 0.115 e. The molecule has 0 aromatic heterocycles. The summed E-state index contributed by atoms with van der Waals surface area (Å²) in [6.07, 6.45) is 8.61. The third kappa shape index (κ3) is 2.22. The molecule has 2 nitrogen and oxygen atoms in total. The molecule has 5 atom stereocenters. The summed E-state index contributed by atoms with van der Waals surface area (Å²) < 4.78 is 2.00. The lowest BCUT2D eigenvalue weighted by atomic mass is 9.53. The van der Waals surface area contributed by atoms with Crippen LogP contribution in [0.25, 0.3) is 0 Å². The summed E-state index contributed by atoms with van der Waals surface area (Å²) in [5, 5.41) is 21.0. The van der Waals surface area contributed by atoms with Crippen molar-refractivity contribution >= 4 is 22.6 Å². The Morgan fingerprint density at radius 2 is 2.04 bits per heavy atom. The van der Waals surface area contributed by atoms with Crippen LogP contribution in [0.5, 0.6) is 5.75 Å². The molecule has 3 aliphatic carbocycles. The summed E-state index contributed by atoms with van der Waals surface area (Å²) in [4.78, 5) is 0. The number of rotatable bonds is 1. The van der Waals surface area contributed by atoms with Crippen LogP contribution in [0.15, 0.2) is 28.4 Å². The fraction of sp³-hybridized carbons (Fsp3) is 0.600. The fourth-order valence-corrected chi connectivity index (χ4v) is 6.59. The van der Waals surface area contributed by atoms with Crippen molar-refractivity contribution in [3.05, 3.63) is 39.5 Å². The van der Waals surface area contributed by atoms with Crippen molar-refractivity contribution in [3.8, 4) is 5.75 Å². The minimum absolute atomic E-state index is 0.0181. The molecule has 3 aliphatic rings. The van der Waals surface area contributed by atoms with Gasteiger partial charge in [0.1, 0.15) is 5.75 Å². The average Bonchev–Trinajstić information content (AvgIpc) is 2.79. The summed E-state index contributed by atoms with van der Waals surface area (Å²) in [6.45, 7) is 2.32.